The lowest BCUT2D eigenvalue weighted by molar-refractivity contribution is -0.131. The molecular formula is C25H28N2O. The lowest BCUT2D eigenvalue weighted by atomic mass is 10.0. The van der Waals surface area contributed by atoms with Crippen LogP contribution in [0, 0.1) is 0 Å². The van der Waals surface area contributed by atoms with E-state index >= 15 is 0 Å². The molecule has 3 aromatic rings. The molecule has 3 heteroatoms. The molecule has 3 aromatic carbocycles. The van der Waals surface area contributed by atoms with Crippen molar-refractivity contribution >= 4 is 16.7 Å². The second-order valence-electron chi connectivity index (χ2n) is 7.84. The van der Waals surface area contributed by atoms with Crippen LogP contribution in [0.2, 0.25) is 0 Å². The van der Waals surface area contributed by atoms with Gasteiger partial charge in [-0.3, -0.25) is 9.69 Å². The van der Waals surface area contributed by atoms with Gasteiger partial charge in [0.1, 0.15) is 0 Å². The second-order valence-corrected chi connectivity index (χ2v) is 7.84. The third kappa shape index (κ3) is 4.26. The molecular weight excluding hydrogens is 344 g/mol. The monoisotopic (exact) mass is 372 g/mol. The molecule has 1 aliphatic rings. The summed E-state index contributed by atoms with van der Waals surface area (Å²) in [4.78, 5) is 17.1. The highest BCUT2D eigenvalue weighted by atomic mass is 16.2. The number of carbonyl (C=O) groups excluding carboxylic acids is 1. The van der Waals surface area contributed by atoms with E-state index in [1.165, 1.54) is 21.9 Å². The van der Waals surface area contributed by atoms with Crippen molar-refractivity contribution in [3.63, 3.8) is 0 Å². The molecule has 28 heavy (non-hydrogen) atoms. The molecule has 1 atom stereocenters. The fraction of sp³-hybridized carbons (Fsp3) is 0.320. The van der Waals surface area contributed by atoms with Gasteiger partial charge in [0.05, 0.1) is 0 Å². The zero-order valence-corrected chi connectivity index (χ0v) is 16.6. The van der Waals surface area contributed by atoms with Gasteiger partial charge in [-0.05, 0) is 41.8 Å². The van der Waals surface area contributed by atoms with E-state index in [0.717, 1.165) is 32.5 Å². The molecule has 1 saturated heterocycles. The summed E-state index contributed by atoms with van der Waals surface area (Å²) in [5.74, 6) is 0.282. The summed E-state index contributed by atoms with van der Waals surface area (Å²) in [6.07, 6.45) is 2.60. The van der Waals surface area contributed by atoms with Crippen molar-refractivity contribution in [3.05, 3.63) is 83.9 Å². The average molecular weight is 373 g/mol. The molecule has 0 radical (unpaired) electrons. The molecule has 4 rings (SSSR count). The number of nitrogens with zero attached hydrogens (tertiary/aromatic N) is 2. The van der Waals surface area contributed by atoms with E-state index in [1.54, 1.807) is 0 Å². The summed E-state index contributed by atoms with van der Waals surface area (Å²) >= 11 is 0. The highest BCUT2D eigenvalue weighted by molar-refractivity contribution is 5.85. The number of likely N-dealkylation sites (tertiary alicyclic amines) is 1. The van der Waals surface area contributed by atoms with Crippen molar-refractivity contribution in [2.75, 3.05) is 13.6 Å². The Hall–Kier alpha value is -2.65. The Labute approximate surface area is 167 Å². The zero-order valence-electron chi connectivity index (χ0n) is 16.6. The highest BCUT2D eigenvalue weighted by Gasteiger charge is 2.25. The summed E-state index contributed by atoms with van der Waals surface area (Å²) in [6, 6.07) is 25.8. The number of amides is 1. The number of rotatable bonds is 5. The summed E-state index contributed by atoms with van der Waals surface area (Å²) in [5, 5.41) is 2.62. The molecule has 0 bridgehead atoms. The molecule has 144 valence electrons. The first-order valence-electron chi connectivity index (χ1n) is 10.2. The van der Waals surface area contributed by atoms with Crippen molar-refractivity contribution in [3.8, 4) is 0 Å². The van der Waals surface area contributed by atoms with Crippen LogP contribution in [0.4, 0.5) is 0 Å². The van der Waals surface area contributed by atoms with Crippen LogP contribution in [0.15, 0.2) is 72.8 Å². The minimum atomic E-state index is 0.282. The SMILES string of the molecule is CN(Cc1cccc2ccccc12)C1CCC(=O)N(Cc2ccccc2)CC1. The van der Waals surface area contributed by atoms with E-state index in [9.17, 15) is 4.79 Å². The van der Waals surface area contributed by atoms with E-state index in [0.29, 0.717) is 12.5 Å². The summed E-state index contributed by atoms with van der Waals surface area (Å²) < 4.78 is 0. The molecule has 1 heterocycles. The number of hydrogen-bond acceptors (Lipinski definition) is 2. The van der Waals surface area contributed by atoms with Crippen LogP contribution in [0.3, 0.4) is 0 Å². The first-order chi connectivity index (χ1) is 13.7. The molecule has 3 nitrogen and oxygen atoms in total. The Morgan fingerprint density at radius 2 is 1.68 bits per heavy atom. The zero-order chi connectivity index (χ0) is 19.3. The molecule has 0 N–H and O–H groups in total. The largest absolute Gasteiger partial charge is 0.338 e. The highest BCUT2D eigenvalue weighted by Crippen LogP contribution is 2.23. The normalized spacial score (nSPS) is 17.9. The molecule has 1 unspecified atom stereocenters. The summed E-state index contributed by atoms with van der Waals surface area (Å²) in [6.45, 7) is 2.47. The lowest BCUT2D eigenvalue weighted by Gasteiger charge is -2.27. The van der Waals surface area contributed by atoms with Crippen molar-refractivity contribution in [1.29, 1.82) is 0 Å². The van der Waals surface area contributed by atoms with Gasteiger partial charge in [0, 0.05) is 32.1 Å². The number of benzene rings is 3. The van der Waals surface area contributed by atoms with E-state index in [1.807, 2.05) is 23.1 Å². The Balaban J connectivity index is 1.42. The van der Waals surface area contributed by atoms with Crippen LogP contribution in [0.1, 0.15) is 30.4 Å². The lowest BCUT2D eigenvalue weighted by Crippen LogP contribution is -2.33. The van der Waals surface area contributed by atoms with E-state index in [4.69, 9.17) is 0 Å². The van der Waals surface area contributed by atoms with Crippen molar-refractivity contribution in [1.82, 2.24) is 9.80 Å². The van der Waals surface area contributed by atoms with E-state index in [2.05, 4.69) is 66.5 Å². The molecule has 1 aliphatic heterocycles. The molecule has 0 aliphatic carbocycles. The Morgan fingerprint density at radius 1 is 0.929 bits per heavy atom. The minimum Gasteiger partial charge on any atom is -0.338 e. The van der Waals surface area contributed by atoms with Gasteiger partial charge < -0.3 is 4.90 Å². The Bertz CT molecular complexity index is 932. The van der Waals surface area contributed by atoms with Gasteiger partial charge in [0.25, 0.3) is 0 Å². The fourth-order valence-electron chi connectivity index (χ4n) is 4.26. The molecule has 0 saturated carbocycles. The molecule has 0 aromatic heterocycles. The molecule has 1 fully saturated rings. The predicted octanol–water partition coefficient (Wildman–Crippen LogP) is 4.85. The summed E-state index contributed by atoms with van der Waals surface area (Å²) in [5.41, 5.74) is 2.57. The Morgan fingerprint density at radius 3 is 2.54 bits per heavy atom. The smallest absolute Gasteiger partial charge is 0.222 e. The topological polar surface area (TPSA) is 23.6 Å². The first kappa shape index (κ1) is 18.7. The third-order valence-electron chi connectivity index (χ3n) is 5.92. The van der Waals surface area contributed by atoms with Crippen LogP contribution in [0.25, 0.3) is 10.8 Å². The van der Waals surface area contributed by atoms with Crippen molar-refractivity contribution in [2.24, 2.45) is 0 Å². The quantitative estimate of drug-likeness (QED) is 0.639. The van der Waals surface area contributed by atoms with Crippen LogP contribution < -0.4 is 0 Å². The maximum atomic E-state index is 12.6. The van der Waals surface area contributed by atoms with Gasteiger partial charge in [-0.25, -0.2) is 0 Å². The van der Waals surface area contributed by atoms with Gasteiger partial charge in [0.15, 0.2) is 0 Å². The minimum absolute atomic E-state index is 0.282. The van der Waals surface area contributed by atoms with E-state index < -0.39 is 0 Å². The van der Waals surface area contributed by atoms with Crippen LogP contribution >= 0.6 is 0 Å². The van der Waals surface area contributed by atoms with Gasteiger partial charge in [-0.15, -0.1) is 0 Å². The summed E-state index contributed by atoms with van der Waals surface area (Å²) in [7, 11) is 2.20. The van der Waals surface area contributed by atoms with Crippen molar-refractivity contribution in [2.45, 2.75) is 38.4 Å². The van der Waals surface area contributed by atoms with Crippen molar-refractivity contribution < 1.29 is 4.79 Å². The first-order valence-corrected chi connectivity index (χ1v) is 10.2. The number of carbonyl (C=O) groups is 1. The number of fused-ring (bicyclic) bond motifs is 1. The van der Waals surface area contributed by atoms with Crippen LogP contribution in [-0.4, -0.2) is 35.3 Å². The number of hydrogen-bond donors (Lipinski definition) is 0. The predicted molar refractivity (Wildman–Crippen MR) is 115 cm³/mol. The van der Waals surface area contributed by atoms with Gasteiger partial charge in [-0.1, -0.05) is 72.8 Å². The molecule has 0 spiro atoms. The fourth-order valence-corrected chi connectivity index (χ4v) is 4.26. The van der Waals surface area contributed by atoms with Gasteiger partial charge in [-0.2, -0.15) is 0 Å². The molecule has 1 amide bonds. The second kappa shape index (κ2) is 8.57. The van der Waals surface area contributed by atoms with E-state index in [-0.39, 0.29) is 5.91 Å². The standard InChI is InChI=1S/C25H28N2O/c1-26(19-22-12-7-11-21-10-5-6-13-24(21)22)23-14-15-25(28)27(17-16-23)18-20-8-3-2-4-9-20/h2-13,23H,14-19H2,1H3. The average Bonchev–Trinajstić information content (AvgIpc) is 2.91. The maximum absolute atomic E-state index is 12.6. The third-order valence-corrected chi connectivity index (χ3v) is 5.92. The van der Waals surface area contributed by atoms with Gasteiger partial charge in [0.2, 0.25) is 5.91 Å². The van der Waals surface area contributed by atoms with Crippen LogP contribution in [0.5, 0.6) is 0 Å². The maximum Gasteiger partial charge on any atom is 0.222 e. The Kier molecular flexibility index (Phi) is 5.73. The van der Waals surface area contributed by atoms with Crippen LogP contribution in [-0.2, 0) is 17.9 Å². The van der Waals surface area contributed by atoms with Gasteiger partial charge >= 0.3 is 0 Å².